The van der Waals surface area contributed by atoms with Crippen LogP contribution in [0.25, 0.3) is 0 Å². The lowest BCUT2D eigenvalue weighted by Crippen LogP contribution is -2.40. The van der Waals surface area contributed by atoms with Crippen molar-refractivity contribution in [1.82, 2.24) is 0 Å². The summed E-state index contributed by atoms with van der Waals surface area (Å²) in [5.74, 6) is 1.03. The van der Waals surface area contributed by atoms with Crippen LogP contribution in [0.1, 0.15) is 70.0 Å². The van der Waals surface area contributed by atoms with Crippen molar-refractivity contribution in [1.29, 1.82) is 0 Å². The first-order valence-corrected chi connectivity index (χ1v) is 8.28. The molecule has 0 radical (unpaired) electrons. The summed E-state index contributed by atoms with van der Waals surface area (Å²) in [6.45, 7) is 2.24. The Labute approximate surface area is 126 Å². The highest BCUT2D eigenvalue weighted by Crippen LogP contribution is 2.46. The molecule has 3 unspecified atom stereocenters. The highest BCUT2D eigenvalue weighted by molar-refractivity contribution is 5.38. The summed E-state index contributed by atoms with van der Waals surface area (Å²) in [6, 6.07) is 4.47. The van der Waals surface area contributed by atoms with E-state index in [0.29, 0.717) is 12.2 Å². The van der Waals surface area contributed by atoms with Gasteiger partial charge < -0.3 is 9.84 Å². The molecule has 0 saturated heterocycles. The van der Waals surface area contributed by atoms with Crippen LogP contribution in [0.15, 0.2) is 18.2 Å². The van der Waals surface area contributed by atoms with Crippen LogP contribution in [-0.2, 0) is 0 Å². The highest BCUT2D eigenvalue weighted by Gasteiger charge is 2.41. The minimum absolute atomic E-state index is 0.289. The SMILES string of the molecule is CCCC1CCCC2(CC1)CC(O)c1ccc(F)cc1O2. The molecule has 1 aromatic carbocycles. The molecule has 0 aromatic heterocycles. The number of hydrogen-bond donors (Lipinski definition) is 1. The zero-order valence-electron chi connectivity index (χ0n) is 12.8. The maximum Gasteiger partial charge on any atom is 0.128 e. The average Bonchev–Trinajstić information content (AvgIpc) is 2.62. The van der Waals surface area contributed by atoms with Crippen LogP contribution in [0.3, 0.4) is 0 Å². The maximum absolute atomic E-state index is 13.5. The molecule has 1 aliphatic heterocycles. The lowest BCUT2D eigenvalue weighted by atomic mass is 9.83. The van der Waals surface area contributed by atoms with Crippen LogP contribution in [-0.4, -0.2) is 10.7 Å². The summed E-state index contributed by atoms with van der Waals surface area (Å²) in [7, 11) is 0. The fourth-order valence-electron chi connectivity index (χ4n) is 4.06. The Morgan fingerprint density at radius 2 is 2.19 bits per heavy atom. The lowest BCUT2D eigenvalue weighted by molar-refractivity contribution is -0.0254. The van der Waals surface area contributed by atoms with Crippen LogP contribution in [0.2, 0.25) is 0 Å². The summed E-state index contributed by atoms with van der Waals surface area (Å²) in [5.41, 5.74) is 0.444. The average molecular weight is 292 g/mol. The first kappa shape index (κ1) is 14.8. The summed E-state index contributed by atoms with van der Waals surface area (Å²) in [5, 5.41) is 10.4. The maximum atomic E-state index is 13.5. The second-order valence-electron chi connectivity index (χ2n) is 6.77. The van der Waals surface area contributed by atoms with Crippen LogP contribution in [0.5, 0.6) is 5.75 Å². The zero-order valence-corrected chi connectivity index (χ0v) is 12.8. The molecule has 3 heteroatoms. The molecular weight excluding hydrogens is 267 g/mol. The predicted octanol–water partition coefficient (Wildman–Crippen LogP) is 4.76. The van der Waals surface area contributed by atoms with Crippen LogP contribution >= 0.6 is 0 Å². The van der Waals surface area contributed by atoms with Gasteiger partial charge >= 0.3 is 0 Å². The molecule has 2 aliphatic rings. The molecule has 1 fully saturated rings. The molecule has 1 saturated carbocycles. The van der Waals surface area contributed by atoms with Gasteiger partial charge in [0, 0.05) is 18.1 Å². The standard InChI is InChI=1S/C18H25FO2/c1-2-4-13-5-3-9-18(10-8-13)12-16(20)15-7-6-14(19)11-17(15)21-18/h6-7,11,13,16,20H,2-5,8-10,12H2,1H3. The molecule has 21 heavy (non-hydrogen) atoms. The first-order chi connectivity index (χ1) is 10.1. The third kappa shape index (κ3) is 3.08. The third-order valence-corrected chi connectivity index (χ3v) is 5.18. The first-order valence-electron chi connectivity index (χ1n) is 8.28. The quantitative estimate of drug-likeness (QED) is 0.851. The van der Waals surface area contributed by atoms with Crippen molar-refractivity contribution in [2.75, 3.05) is 0 Å². The van der Waals surface area contributed by atoms with Gasteiger partial charge in [-0.3, -0.25) is 0 Å². The van der Waals surface area contributed by atoms with Gasteiger partial charge in [-0.2, -0.15) is 0 Å². The van der Waals surface area contributed by atoms with E-state index in [4.69, 9.17) is 4.74 Å². The zero-order chi connectivity index (χ0) is 14.9. The van der Waals surface area contributed by atoms with Crippen molar-refractivity contribution in [2.45, 2.75) is 70.0 Å². The van der Waals surface area contributed by atoms with Crippen molar-refractivity contribution in [3.8, 4) is 5.75 Å². The Balaban J connectivity index is 1.80. The number of aliphatic hydroxyl groups is 1. The van der Waals surface area contributed by atoms with Crippen molar-refractivity contribution in [3.05, 3.63) is 29.6 Å². The largest absolute Gasteiger partial charge is 0.487 e. The van der Waals surface area contributed by atoms with Crippen molar-refractivity contribution < 1.29 is 14.2 Å². The number of fused-ring (bicyclic) bond motifs is 1. The van der Waals surface area contributed by atoms with Crippen molar-refractivity contribution in [2.24, 2.45) is 5.92 Å². The van der Waals surface area contributed by atoms with Gasteiger partial charge in [-0.1, -0.05) is 26.2 Å². The van der Waals surface area contributed by atoms with E-state index in [2.05, 4.69) is 6.92 Å². The molecule has 3 atom stereocenters. The second kappa shape index (κ2) is 5.96. The summed E-state index contributed by atoms with van der Waals surface area (Å²) in [4.78, 5) is 0. The molecule has 0 bridgehead atoms. The molecule has 1 heterocycles. The van der Waals surface area contributed by atoms with Gasteiger partial charge in [0.15, 0.2) is 0 Å². The van der Waals surface area contributed by atoms with Crippen LogP contribution < -0.4 is 4.74 Å². The number of hydrogen-bond acceptors (Lipinski definition) is 2. The van der Waals surface area contributed by atoms with E-state index in [1.54, 1.807) is 6.07 Å². The van der Waals surface area contributed by atoms with E-state index >= 15 is 0 Å². The Bertz CT molecular complexity index is 502. The Kier molecular flexibility index (Phi) is 4.21. The van der Waals surface area contributed by atoms with Crippen LogP contribution in [0, 0.1) is 11.7 Å². The molecular formula is C18H25FO2. The Morgan fingerprint density at radius 1 is 1.33 bits per heavy atom. The van der Waals surface area contributed by atoms with Crippen LogP contribution in [0.4, 0.5) is 4.39 Å². The van der Waals surface area contributed by atoms with E-state index < -0.39 is 6.10 Å². The van der Waals surface area contributed by atoms with Gasteiger partial charge in [-0.15, -0.1) is 0 Å². The normalized spacial score (nSPS) is 32.3. The Morgan fingerprint density at radius 3 is 3.00 bits per heavy atom. The van der Waals surface area contributed by atoms with Crippen molar-refractivity contribution in [3.63, 3.8) is 0 Å². The molecule has 2 nitrogen and oxygen atoms in total. The molecule has 1 aliphatic carbocycles. The van der Waals surface area contributed by atoms with Gasteiger partial charge in [0.1, 0.15) is 17.2 Å². The molecule has 1 N–H and O–H groups in total. The molecule has 0 amide bonds. The molecule has 1 spiro atoms. The van der Waals surface area contributed by atoms with E-state index in [1.807, 2.05) is 0 Å². The highest BCUT2D eigenvalue weighted by atomic mass is 19.1. The summed E-state index contributed by atoms with van der Waals surface area (Å²) in [6.07, 6.45) is 8.13. The van der Waals surface area contributed by atoms with E-state index in [1.165, 1.54) is 31.4 Å². The van der Waals surface area contributed by atoms with E-state index in [0.717, 1.165) is 37.2 Å². The number of halogens is 1. The van der Waals surface area contributed by atoms with E-state index in [9.17, 15) is 9.50 Å². The van der Waals surface area contributed by atoms with Gasteiger partial charge in [0.25, 0.3) is 0 Å². The monoisotopic (exact) mass is 292 g/mol. The van der Waals surface area contributed by atoms with Gasteiger partial charge in [-0.05, 0) is 43.7 Å². The summed E-state index contributed by atoms with van der Waals surface area (Å²) < 4.78 is 19.7. The molecule has 1 aromatic rings. The topological polar surface area (TPSA) is 29.5 Å². The van der Waals surface area contributed by atoms with Crippen molar-refractivity contribution >= 4 is 0 Å². The minimum Gasteiger partial charge on any atom is -0.487 e. The predicted molar refractivity (Wildman–Crippen MR) is 80.8 cm³/mol. The van der Waals surface area contributed by atoms with Gasteiger partial charge in [-0.25, -0.2) is 4.39 Å². The van der Waals surface area contributed by atoms with E-state index in [-0.39, 0.29) is 11.4 Å². The van der Waals surface area contributed by atoms with Gasteiger partial charge in [0.2, 0.25) is 0 Å². The minimum atomic E-state index is -0.530. The third-order valence-electron chi connectivity index (χ3n) is 5.18. The smallest absolute Gasteiger partial charge is 0.128 e. The number of ether oxygens (including phenoxy) is 1. The van der Waals surface area contributed by atoms with Gasteiger partial charge in [0.05, 0.1) is 6.10 Å². The Hall–Kier alpha value is -1.09. The summed E-state index contributed by atoms with van der Waals surface area (Å²) >= 11 is 0. The number of benzene rings is 1. The fourth-order valence-corrected chi connectivity index (χ4v) is 4.06. The molecule has 116 valence electrons. The number of rotatable bonds is 2. The lowest BCUT2D eigenvalue weighted by Gasteiger charge is -2.40. The fraction of sp³-hybridized carbons (Fsp3) is 0.667. The molecule has 3 rings (SSSR count). The second-order valence-corrected chi connectivity index (χ2v) is 6.77. The number of aliphatic hydroxyl groups excluding tert-OH is 1.